The van der Waals surface area contributed by atoms with Crippen molar-refractivity contribution in [3.63, 3.8) is 0 Å². The zero-order valence-electron chi connectivity index (χ0n) is 7.99. The Balaban J connectivity index is 2.44. The van der Waals surface area contributed by atoms with Crippen LogP contribution in [-0.4, -0.2) is 12.7 Å². The summed E-state index contributed by atoms with van der Waals surface area (Å²) in [5.41, 5.74) is 2.64. The van der Waals surface area contributed by atoms with E-state index >= 15 is 0 Å². The smallest absolute Gasteiger partial charge is 0.124 e. The molecule has 74 valence electrons. The normalized spacial score (nSPS) is 13.5. The Kier molecular flexibility index (Phi) is 3.95. The minimum Gasteiger partial charge on any atom is -0.468 e. The minimum atomic E-state index is -0.0719. The van der Waals surface area contributed by atoms with Crippen LogP contribution in [0, 0.1) is 0 Å². The van der Waals surface area contributed by atoms with Crippen molar-refractivity contribution in [2.24, 2.45) is 5.84 Å². The van der Waals surface area contributed by atoms with Crippen LogP contribution in [0.5, 0.6) is 0 Å². The van der Waals surface area contributed by atoms with Crippen LogP contribution in [0.25, 0.3) is 0 Å². The second-order valence-corrected chi connectivity index (χ2v) is 3.12. The third-order valence-corrected chi connectivity index (χ3v) is 1.68. The molecular weight excluding hydrogens is 168 g/mol. The number of ether oxygens (including phenoxy) is 1. The SMILES string of the molecule is CC(C)OCC(NN)c1ccco1. The average molecular weight is 184 g/mol. The molecule has 0 aromatic carbocycles. The molecule has 4 nitrogen and oxygen atoms in total. The minimum absolute atomic E-state index is 0.0719. The van der Waals surface area contributed by atoms with E-state index in [0.29, 0.717) is 6.61 Å². The summed E-state index contributed by atoms with van der Waals surface area (Å²) in [7, 11) is 0. The van der Waals surface area contributed by atoms with Crippen molar-refractivity contribution in [2.45, 2.75) is 26.0 Å². The predicted molar refractivity (Wildman–Crippen MR) is 49.9 cm³/mol. The molecule has 3 N–H and O–H groups in total. The van der Waals surface area contributed by atoms with E-state index in [9.17, 15) is 0 Å². The first-order valence-corrected chi connectivity index (χ1v) is 4.35. The Morgan fingerprint density at radius 3 is 2.85 bits per heavy atom. The van der Waals surface area contributed by atoms with Gasteiger partial charge in [0, 0.05) is 0 Å². The third-order valence-electron chi connectivity index (χ3n) is 1.68. The number of hydrazine groups is 1. The zero-order chi connectivity index (χ0) is 9.68. The standard InChI is InChI=1S/C9H16N2O2/c1-7(2)13-6-8(11-10)9-4-3-5-12-9/h3-5,7-8,11H,6,10H2,1-2H3. The van der Waals surface area contributed by atoms with Gasteiger partial charge in [-0.2, -0.15) is 0 Å². The van der Waals surface area contributed by atoms with Crippen molar-refractivity contribution in [1.82, 2.24) is 5.43 Å². The van der Waals surface area contributed by atoms with Gasteiger partial charge in [0.05, 0.1) is 19.0 Å². The van der Waals surface area contributed by atoms with Gasteiger partial charge in [-0.15, -0.1) is 0 Å². The van der Waals surface area contributed by atoms with Crippen LogP contribution in [0.3, 0.4) is 0 Å². The van der Waals surface area contributed by atoms with Crippen molar-refractivity contribution in [2.75, 3.05) is 6.61 Å². The Morgan fingerprint density at radius 1 is 1.62 bits per heavy atom. The van der Waals surface area contributed by atoms with Crippen molar-refractivity contribution in [3.05, 3.63) is 24.2 Å². The van der Waals surface area contributed by atoms with Gasteiger partial charge in [-0.3, -0.25) is 5.84 Å². The van der Waals surface area contributed by atoms with Crippen LogP contribution in [0.1, 0.15) is 25.6 Å². The van der Waals surface area contributed by atoms with Gasteiger partial charge < -0.3 is 9.15 Å². The topological polar surface area (TPSA) is 60.4 Å². The second-order valence-electron chi connectivity index (χ2n) is 3.12. The summed E-state index contributed by atoms with van der Waals surface area (Å²) in [5, 5.41) is 0. The van der Waals surface area contributed by atoms with Crippen molar-refractivity contribution in [3.8, 4) is 0 Å². The molecule has 0 bridgehead atoms. The molecule has 0 amide bonds. The molecule has 0 spiro atoms. The first kappa shape index (κ1) is 10.2. The highest BCUT2D eigenvalue weighted by Gasteiger charge is 2.12. The molecular formula is C9H16N2O2. The van der Waals surface area contributed by atoms with Gasteiger partial charge in [-0.05, 0) is 26.0 Å². The number of hydrogen-bond acceptors (Lipinski definition) is 4. The van der Waals surface area contributed by atoms with Gasteiger partial charge in [0.15, 0.2) is 0 Å². The molecule has 0 fully saturated rings. The Hall–Kier alpha value is -0.840. The van der Waals surface area contributed by atoms with Crippen LogP contribution in [-0.2, 0) is 4.74 Å². The Bertz CT molecular complexity index is 222. The molecule has 0 saturated heterocycles. The van der Waals surface area contributed by atoms with Gasteiger partial charge in [0.1, 0.15) is 11.8 Å². The first-order chi connectivity index (χ1) is 6.24. The average Bonchev–Trinajstić information content (AvgIpc) is 2.58. The molecule has 0 aliphatic heterocycles. The second kappa shape index (κ2) is 5.01. The maximum Gasteiger partial charge on any atom is 0.124 e. The lowest BCUT2D eigenvalue weighted by Gasteiger charge is -2.15. The fourth-order valence-corrected chi connectivity index (χ4v) is 0.991. The van der Waals surface area contributed by atoms with Gasteiger partial charge in [0.25, 0.3) is 0 Å². The number of hydrogen-bond donors (Lipinski definition) is 2. The van der Waals surface area contributed by atoms with Gasteiger partial charge in [-0.25, -0.2) is 5.43 Å². The van der Waals surface area contributed by atoms with E-state index in [2.05, 4.69) is 5.43 Å². The highest BCUT2D eigenvalue weighted by Crippen LogP contribution is 2.13. The molecule has 1 unspecified atom stereocenters. The first-order valence-electron chi connectivity index (χ1n) is 4.35. The lowest BCUT2D eigenvalue weighted by atomic mass is 10.2. The molecule has 4 heteroatoms. The highest BCUT2D eigenvalue weighted by atomic mass is 16.5. The van der Waals surface area contributed by atoms with Gasteiger partial charge >= 0.3 is 0 Å². The lowest BCUT2D eigenvalue weighted by molar-refractivity contribution is 0.0568. The third kappa shape index (κ3) is 3.18. The number of nitrogens with one attached hydrogen (secondary N) is 1. The highest BCUT2D eigenvalue weighted by molar-refractivity contribution is 5.03. The van der Waals surface area contributed by atoms with Gasteiger partial charge in [0.2, 0.25) is 0 Å². The molecule has 1 aromatic rings. The summed E-state index contributed by atoms with van der Waals surface area (Å²) in [6.07, 6.45) is 1.82. The fraction of sp³-hybridized carbons (Fsp3) is 0.556. The predicted octanol–water partition coefficient (Wildman–Crippen LogP) is 1.21. The van der Waals surface area contributed by atoms with E-state index in [1.807, 2.05) is 26.0 Å². The molecule has 0 aliphatic carbocycles. The molecule has 1 rings (SSSR count). The molecule has 0 saturated carbocycles. The summed E-state index contributed by atoms with van der Waals surface area (Å²) in [5.74, 6) is 6.15. The van der Waals surface area contributed by atoms with E-state index in [-0.39, 0.29) is 12.1 Å². The van der Waals surface area contributed by atoms with E-state index in [0.717, 1.165) is 5.76 Å². The van der Waals surface area contributed by atoms with Crippen molar-refractivity contribution >= 4 is 0 Å². The molecule has 1 atom stereocenters. The monoisotopic (exact) mass is 184 g/mol. The van der Waals surface area contributed by atoms with Crippen molar-refractivity contribution in [1.29, 1.82) is 0 Å². The molecule has 1 aromatic heterocycles. The largest absolute Gasteiger partial charge is 0.468 e. The quantitative estimate of drug-likeness (QED) is 0.533. The number of nitrogens with two attached hydrogens (primary N) is 1. The molecule has 0 aliphatic rings. The molecule has 0 radical (unpaired) electrons. The molecule has 13 heavy (non-hydrogen) atoms. The summed E-state index contributed by atoms with van der Waals surface area (Å²) in [6.45, 7) is 4.48. The summed E-state index contributed by atoms with van der Waals surface area (Å²) < 4.78 is 10.6. The van der Waals surface area contributed by atoms with Gasteiger partial charge in [-0.1, -0.05) is 0 Å². The van der Waals surface area contributed by atoms with Crippen LogP contribution < -0.4 is 11.3 Å². The van der Waals surface area contributed by atoms with E-state index in [1.54, 1.807) is 6.26 Å². The zero-order valence-corrected chi connectivity index (χ0v) is 7.99. The van der Waals surface area contributed by atoms with Crippen molar-refractivity contribution < 1.29 is 9.15 Å². The molecule has 1 heterocycles. The van der Waals surface area contributed by atoms with E-state index in [1.165, 1.54) is 0 Å². The Labute approximate surface area is 78.0 Å². The summed E-state index contributed by atoms with van der Waals surface area (Å²) in [6, 6.07) is 3.63. The number of rotatable bonds is 5. The maximum atomic E-state index is 5.42. The fourth-order valence-electron chi connectivity index (χ4n) is 0.991. The Morgan fingerprint density at radius 2 is 2.38 bits per heavy atom. The van der Waals surface area contributed by atoms with E-state index in [4.69, 9.17) is 15.0 Å². The van der Waals surface area contributed by atoms with Crippen LogP contribution in [0.4, 0.5) is 0 Å². The summed E-state index contributed by atoms with van der Waals surface area (Å²) in [4.78, 5) is 0. The maximum absolute atomic E-state index is 5.42. The van der Waals surface area contributed by atoms with E-state index < -0.39 is 0 Å². The number of furan rings is 1. The van der Waals surface area contributed by atoms with Crippen LogP contribution >= 0.6 is 0 Å². The van der Waals surface area contributed by atoms with Crippen LogP contribution in [0.2, 0.25) is 0 Å². The van der Waals surface area contributed by atoms with Crippen LogP contribution in [0.15, 0.2) is 22.8 Å². The lowest BCUT2D eigenvalue weighted by Crippen LogP contribution is -2.31. The summed E-state index contributed by atoms with van der Waals surface area (Å²) >= 11 is 0.